The molecule has 0 aliphatic rings. The summed E-state index contributed by atoms with van der Waals surface area (Å²) in [5.41, 5.74) is 0. The Hall–Kier alpha value is -0.730. The van der Waals surface area contributed by atoms with E-state index in [1.165, 1.54) is 51.4 Å². The zero-order chi connectivity index (χ0) is 23.2. The van der Waals surface area contributed by atoms with E-state index in [0.717, 1.165) is 19.5 Å². The fraction of sp³-hybridized carbons (Fsp3) is 0.958. The highest BCUT2D eigenvalue weighted by Gasteiger charge is 2.19. The van der Waals surface area contributed by atoms with Crippen molar-refractivity contribution in [2.24, 2.45) is 5.92 Å². The van der Waals surface area contributed by atoms with Crippen molar-refractivity contribution in [2.45, 2.75) is 84.2 Å². The summed E-state index contributed by atoms with van der Waals surface area (Å²) in [5, 5.41) is 17.5. The van der Waals surface area contributed by atoms with Crippen molar-refractivity contribution in [1.82, 2.24) is 4.90 Å². The first-order valence-corrected chi connectivity index (χ1v) is 12.3. The van der Waals surface area contributed by atoms with Crippen LogP contribution in [0.1, 0.15) is 78.1 Å². The fourth-order valence-corrected chi connectivity index (χ4v) is 3.58. The van der Waals surface area contributed by atoms with Crippen molar-refractivity contribution in [3.05, 3.63) is 0 Å². The lowest BCUT2D eigenvalue weighted by Crippen LogP contribution is -2.35. The Morgan fingerprint density at radius 1 is 0.903 bits per heavy atom. The number of carbonyl (C=O) groups is 1. The lowest BCUT2D eigenvalue weighted by molar-refractivity contribution is -0.138. The van der Waals surface area contributed by atoms with E-state index < -0.39 is 5.97 Å². The van der Waals surface area contributed by atoms with Crippen LogP contribution in [0.4, 0.5) is 0 Å². The number of rotatable bonds is 24. The van der Waals surface area contributed by atoms with Gasteiger partial charge in [-0.15, -0.1) is 0 Å². The second-order valence-corrected chi connectivity index (χ2v) is 8.45. The van der Waals surface area contributed by atoms with Crippen LogP contribution in [0.2, 0.25) is 0 Å². The Bertz CT molecular complexity index is 396. The third-order valence-electron chi connectivity index (χ3n) is 5.56. The number of carboxylic acids is 1. The van der Waals surface area contributed by atoms with Gasteiger partial charge >= 0.3 is 5.97 Å². The minimum absolute atomic E-state index is 0.0377. The second kappa shape index (κ2) is 22.5. The number of ether oxygens (including phenoxy) is 3. The van der Waals surface area contributed by atoms with E-state index >= 15 is 0 Å². The first-order chi connectivity index (χ1) is 15.0. The molecule has 0 aromatic rings. The van der Waals surface area contributed by atoms with Crippen molar-refractivity contribution >= 4 is 5.97 Å². The highest BCUT2D eigenvalue weighted by molar-refractivity contribution is 5.66. The van der Waals surface area contributed by atoms with Crippen LogP contribution in [0.25, 0.3) is 0 Å². The van der Waals surface area contributed by atoms with E-state index in [1.54, 1.807) is 0 Å². The van der Waals surface area contributed by atoms with Crippen LogP contribution in [-0.4, -0.2) is 87.0 Å². The summed E-state index contributed by atoms with van der Waals surface area (Å²) in [5.74, 6) is -0.394. The summed E-state index contributed by atoms with van der Waals surface area (Å²) in [6, 6.07) is 0. The van der Waals surface area contributed by atoms with Crippen LogP contribution < -0.4 is 0 Å². The van der Waals surface area contributed by atoms with Crippen LogP contribution in [0, 0.1) is 5.92 Å². The van der Waals surface area contributed by atoms with Gasteiger partial charge in [-0.2, -0.15) is 0 Å². The van der Waals surface area contributed by atoms with Crippen molar-refractivity contribution in [3.8, 4) is 0 Å². The van der Waals surface area contributed by atoms with Crippen LogP contribution in [-0.2, 0) is 19.0 Å². The summed E-state index contributed by atoms with van der Waals surface area (Å²) in [6.07, 6.45) is 11.8. The first kappa shape index (κ1) is 30.3. The Balaban J connectivity index is 4.23. The molecule has 7 heteroatoms. The van der Waals surface area contributed by atoms with E-state index in [-0.39, 0.29) is 25.7 Å². The normalized spacial score (nSPS) is 13.6. The number of carboxylic acid groups (broad SMARTS) is 1. The summed E-state index contributed by atoms with van der Waals surface area (Å²) in [6.45, 7) is 8.33. The molecule has 0 rings (SSSR count). The quantitative estimate of drug-likeness (QED) is 0.216. The zero-order valence-corrected chi connectivity index (χ0v) is 20.4. The molecule has 0 saturated carbocycles. The molecule has 2 unspecified atom stereocenters. The molecule has 7 nitrogen and oxygen atoms in total. The molecule has 0 aliphatic heterocycles. The largest absolute Gasteiger partial charge is 0.481 e. The van der Waals surface area contributed by atoms with Crippen molar-refractivity contribution < 1.29 is 29.2 Å². The van der Waals surface area contributed by atoms with Crippen molar-refractivity contribution in [2.75, 3.05) is 59.8 Å². The van der Waals surface area contributed by atoms with Gasteiger partial charge in [-0.05, 0) is 26.3 Å². The average Bonchev–Trinajstić information content (AvgIpc) is 2.74. The van der Waals surface area contributed by atoms with Gasteiger partial charge in [-0.25, -0.2) is 0 Å². The molecule has 0 spiro atoms. The van der Waals surface area contributed by atoms with Crippen LogP contribution in [0.5, 0.6) is 0 Å². The standard InChI is InChI=1S/C24H49NO6/c1-4-5-6-7-8-9-10-11-12-23(22(2)31-20-19-30-18-15-26)21-25(3)14-17-29-16-13-24(27)28/h22-23,26H,4-21H2,1-3H3,(H,27,28). The SMILES string of the molecule is CCCCCCCCCCC(CN(C)CCOCCC(=O)O)C(C)OCCOCCO. The molecule has 2 N–H and O–H groups in total. The van der Waals surface area contributed by atoms with Gasteiger partial charge in [0, 0.05) is 13.1 Å². The molecule has 0 aliphatic carbocycles. The van der Waals surface area contributed by atoms with Gasteiger partial charge in [0.1, 0.15) is 0 Å². The molecular weight excluding hydrogens is 398 g/mol. The van der Waals surface area contributed by atoms with Gasteiger partial charge in [0.25, 0.3) is 0 Å². The molecule has 0 saturated heterocycles. The third-order valence-corrected chi connectivity index (χ3v) is 5.56. The number of hydrogen-bond acceptors (Lipinski definition) is 6. The molecule has 0 radical (unpaired) electrons. The molecule has 186 valence electrons. The van der Waals surface area contributed by atoms with Gasteiger partial charge in [0.15, 0.2) is 0 Å². The third kappa shape index (κ3) is 20.9. The fourth-order valence-electron chi connectivity index (χ4n) is 3.58. The summed E-state index contributed by atoms with van der Waals surface area (Å²) < 4.78 is 16.7. The Labute approximate surface area is 190 Å². The Kier molecular flexibility index (Phi) is 21.9. The van der Waals surface area contributed by atoms with Crippen molar-refractivity contribution in [3.63, 3.8) is 0 Å². The Morgan fingerprint density at radius 2 is 1.55 bits per heavy atom. The van der Waals surface area contributed by atoms with E-state index in [0.29, 0.717) is 32.3 Å². The highest BCUT2D eigenvalue weighted by Crippen LogP contribution is 2.19. The van der Waals surface area contributed by atoms with E-state index in [9.17, 15) is 4.79 Å². The number of aliphatic hydroxyl groups is 1. The smallest absolute Gasteiger partial charge is 0.305 e. The molecule has 2 atom stereocenters. The van der Waals surface area contributed by atoms with Gasteiger partial charge in [-0.1, -0.05) is 58.3 Å². The van der Waals surface area contributed by atoms with Crippen molar-refractivity contribution in [1.29, 1.82) is 0 Å². The van der Waals surface area contributed by atoms with E-state index in [4.69, 9.17) is 24.4 Å². The summed E-state index contributed by atoms with van der Waals surface area (Å²) >= 11 is 0. The molecule has 0 heterocycles. The maximum absolute atomic E-state index is 10.5. The lowest BCUT2D eigenvalue weighted by atomic mass is 9.95. The van der Waals surface area contributed by atoms with Gasteiger partial charge in [-0.3, -0.25) is 4.79 Å². The average molecular weight is 448 g/mol. The number of hydrogen-bond donors (Lipinski definition) is 2. The van der Waals surface area contributed by atoms with Crippen LogP contribution in [0.3, 0.4) is 0 Å². The topological polar surface area (TPSA) is 88.5 Å². The lowest BCUT2D eigenvalue weighted by Gasteiger charge is -2.29. The summed E-state index contributed by atoms with van der Waals surface area (Å²) in [7, 11) is 2.08. The van der Waals surface area contributed by atoms with Gasteiger partial charge in [0.2, 0.25) is 0 Å². The maximum atomic E-state index is 10.5. The molecule has 31 heavy (non-hydrogen) atoms. The number of nitrogens with zero attached hydrogens (tertiary/aromatic N) is 1. The number of unbranched alkanes of at least 4 members (excludes halogenated alkanes) is 7. The van der Waals surface area contributed by atoms with Gasteiger partial charge < -0.3 is 29.3 Å². The predicted molar refractivity (Wildman–Crippen MR) is 125 cm³/mol. The minimum atomic E-state index is -0.826. The molecular formula is C24H49NO6. The van der Waals surface area contributed by atoms with E-state index in [2.05, 4.69) is 25.8 Å². The molecule has 0 amide bonds. The molecule has 0 bridgehead atoms. The second-order valence-electron chi connectivity index (χ2n) is 8.45. The maximum Gasteiger partial charge on any atom is 0.305 e. The minimum Gasteiger partial charge on any atom is -0.481 e. The van der Waals surface area contributed by atoms with E-state index in [1.807, 2.05) is 0 Å². The monoisotopic (exact) mass is 447 g/mol. The zero-order valence-electron chi connectivity index (χ0n) is 20.4. The summed E-state index contributed by atoms with van der Waals surface area (Å²) in [4.78, 5) is 12.8. The van der Waals surface area contributed by atoms with Gasteiger partial charge in [0.05, 0.1) is 52.2 Å². The molecule has 0 aromatic carbocycles. The van der Waals surface area contributed by atoms with Crippen LogP contribution in [0.15, 0.2) is 0 Å². The van der Waals surface area contributed by atoms with Crippen LogP contribution >= 0.6 is 0 Å². The molecule has 0 fully saturated rings. The number of aliphatic carboxylic acids is 1. The Morgan fingerprint density at radius 3 is 2.19 bits per heavy atom. The highest BCUT2D eigenvalue weighted by atomic mass is 16.5. The molecule has 0 aromatic heterocycles. The first-order valence-electron chi connectivity index (χ1n) is 12.3. The number of likely N-dealkylation sites (N-methyl/N-ethyl adjacent to an activating group) is 1. The number of aliphatic hydroxyl groups excluding tert-OH is 1. The predicted octanol–water partition coefficient (Wildman–Crippen LogP) is 3.97.